The van der Waals surface area contributed by atoms with Crippen LogP contribution in [0.4, 0.5) is 11.4 Å². The minimum Gasteiger partial charge on any atom is -0.378 e. The summed E-state index contributed by atoms with van der Waals surface area (Å²) in [7, 11) is 1.65. The maximum Gasteiger partial charge on any atom is 0.271 e. The first-order chi connectivity index (χ1) is 9.56. The van der Waals surface area contributed by atoms with E-state index in [1.807, 2.05) is 6.92 Å². The fraction of sp³-hybridized carbons (Fsp3) is 0.538. The van der Waals surface area contributed by atoms with Crippen molar-refractivity contribution < 1.29 is 14.4 Å². The van der Waals surface area contributed by atoms with Crippen molar-refractivity contribution in [3.05, 3.63) is 32.8 Å². The Bertz CT molecular complexity index is 497. The minimum absolute atomic E-state index is 0.0406. The second kappa shape index (κ2) is 6.51. The Labute approximate surface area is 125 Å². The zero-order valence-electron chi connectivity index (χ0n) is 11.3. The van der Waals surface area contributed by atoms with Crippen LogP contribution in [0.3, 0.4) is 0 Å². The smallest absolute Gasteiger partial charge is 0.271 e. The van der Waals surface area contributed by atoms with E-state index in [2.05, 4.69) is 21.2 Å². The zero-order valence-corrected chi connectivity index (χ0v) is 12.9. The molecule has 1 saturated carbocycles. The molecule has 0 bridgehead atoms. The molecule has 1 fully saturated rings. The Morgan fingerprint density at radius 1 is 1.55 bits per heavy atom. The van der Waals surface area contributed by atoms with E-state index in [4.69, 9.17) is 9.47 Å². The maximum atomic E-state index is 10.8. The number of halogens is 1. The molecule has 0 aromatic heterocycles. The van der Waals surface area contributed by atoms with Gasteiger partial charge in [0.15, 0.2) is 0 Å². The lowest BCUT2D eigenvalue weighted by molar-refractivity contribution is -0.384. The molecule has 110 valence electrons. The van der Waals surface area contributed by atoms with Gasteiger partial charge in [-0.2, -0.15) is 0 Å². The molecule has 6 nitrogen and oxygen atoms in total. The van der Waals surface area contributed by atoms with Gasteiger partial charge in [-0.25, -0.2) is 0 Å². The number of anilines is 1. The van der Waals surface area contributed by atoms with Gasteiger partial charge in [0.1, 0.15) is 6.10 Å². The molecule has 2 rings (SSSR count). The number of ether oxygens (including phenoxy) is 2. The second-order valence-electron chi connectivity index (χ2n) is 4.60. The maximum absolute atomic E-state index is 10.8. The van der Waals surface area contributed by atoms with Crippen molar-refractivity contribution in [3.63, 3.8) is 0 Å². The molecule has 3 atom stereocenters. The fourth-order valence-electron chi connectivity index (χ4n) is 2.35. The molecule has 1 aromatic carbocycles. The summed E-state index contributed by atoms with van der Waals surface area (Å²) in [5, 5.41) is 14.1. The third kappa shape index (κ3) is 3.11. The molecule has 1 aliphatic carbocycles. The van der Waals surface area contributed by atoms with Crippen molar-refractivity contribution >= 4 is 27.3 Å². The summed E-state index contributed by atoms with van der Waals surface area (Å²) in [5.74, 6) is 0. The molecule has 1 aliphatic rings. The van der Waals surface area contributed by atoms with Gasteiger partial charge in [0, 0.05) is 30.3 Å². The third-order valence-corrected chi connectivity index (χ3v) is 4.10. The van der Waals surface area contributed by atoms with Gasteiger partial charge in [-0.1, -0.05) is 0 Å². The van der Waals surface area contributed by atoms with Crippen LogP contribution in [0, 0.1) is 10.1 Å². The Morgan fingerprint density at radius 2 is 2.30 bits per heavy atom. The quantitative estimate of drug-likeness (QED) is 0.634. The average molecular weight is 345 g/mol. The Hall–Kier alpha value is -1.18. The highest BCUT2D eigenvalue weighted by molar-refractivity contribution is 9.10. The van der Waals surface area contributed by atoms with Crippen molar-refractivity contribution in [2.24, 2.45) is 0 Å². The highest BCUT2D eigenvalue weighted by atomic mass is 79.9. The van der Waals surface area contributed by atoms with Crippen molar-refractivity contribution in [1.29, 1.82) is 0 Å². The number of methoxy groups -OCH3 is 1. The molecule has 0 aliphatic heterocycles. The molecule has 7 heteroatoms. The first-order valence-corrected chi connectivity index (χ1v) is 7.21. The van der Waals surface area contributed by atoms with Crippen molar-refractivity contribution in [2.75, 3.05) is 19.0 Å². The predicted octanol–water partition coefficient (Wildman–Crippen LogP) is 2.96. The molecule has 1 aromatic rings. The summed E-state index contributed by atoms with van der Waals surface area (Å²) < 4.78 is 11.8. The van der Waals surface area contributed by atoms with E-state index < -0.39 is 4.92 Å². The van der Waals surface area contributed by atoms with E-state index >= 15 is 0 Å². The molecule has 0 amide bonds. The number of hydrogen-bond acceptors (Lipinski definition) is 5. The topological polar surface area (TPSA) is 73.6 Å². The number of non-ortho nitro benzene ring substituents is 1. The highest BCUT2D eigenvalue weighted by Gasteiger charge is 2.42. The molecule has 20 heavy (non-hydrogen) atoms. The summed E-state index contributed by atoms with van der Waals surface area (Å²) in [6.45, 7) is 2.60. The van der Waals surface area contributed by atoms with Gasteiger partial charge in [-0.05, 0) is 35.3 Å². The van der Waals surface area contributed by atoms with E-state index in [0.29, 0.717) is 12.3 Å². The Morgan fingerprint density at radius 3 is 2.90 bits per heavy atom. The lowest BCUT2D eigenvalue weighted by atomic mass is 9.85. The minimum atomic E-state index is -0.408. The lowest BCUT2D eigenvalue weighted by Gasteiger charge is -2.43. The average Bonchev–Trinajstić information content (AvgIpc) is 2.39. The number of benzene rings is 1. The normalized spacial score (nSPS) is 25.1. The van der Waals surface area contributed by atoms with Gasteiger partial charge in [0.2, 0.25) is 0 Å². The molecular formula is C13H17BrN2O4. The number of rotatable bonds is 6. The van der Waals surface area contributed by atoms with Gasteiger partial charge in [-0.15, -0.1) is 0 Å². The molecule has 0 radical (unpaired) electrons. The van der Waals surface area contributed by atoms with Crippen LogP contribution in [0.2, 0.25) is 0 Å². The van der Waals surface area contributed by atoms with Gasteiger partial charge >= 0.3 is 0 Å². The predicted molar refractivity (Wildman–Crippen MR) is 79.0 cm³/mol. The molecule has 3 unspecified atom stereocenters. The van der Waals surface area contributed by atoms with Crippen molar-refractivity contribution in [1.82, 2.24) is 0 Å². The van der Waals surface area contributed by atoms with E-state index in [1.54, 1.807) is 13.2 Å². The van der Waals surface area contributed by atoms with Crippen LogP contribution in [0.5, 0.6) is 0 Å². The fourth-order valence-corrected chi connectivity index (χ4v) is 2.71. The summed E-state index contributed by atoms with van der Waals surface area (Å²) in [6.07, 6.45) is 0.864. The van der Waals surface area contributed by atoms with E-state index in [9.17, 15) is 10.1 Å². The van der Waals surface area contributed by atoms with Crippen LogP contribution >= 0.6 is 15.9 Å². The first kappa shape index (κ1) is 15.2. The number of nitro groups is 1. The molecule has 0 heterocycles. The van der Waals surface area contributed by atoms with Gasteiger partial charge < -0.3 is 14.8 Å². The van der Waals surface area contributed by atoms with Gasteiger partial charge in [0.25, 0.3) is 5.69 Å². The Balaban J connectivity index is 2.07. The number of nitrogens with zero attached hydrogens (tertiary/aromatic N) is 1. The van der Waals surface area contributed by atoms with Crippen LogP contribution in [0.25, 0.3) is 0 Å². The first-order valence-electron chi connectivity index (χ1n) is 6.41. The number of nitrogens with one attached hydrogen (secondary N) is 1. The molecule has 1 N–H and O–H groups in total. The van der Waals surface area contributed by atoms with Crippen LogP contribution in [-0.2, 0) is 9.47 Å². The standard InChI is InChI=1S/C13H17BrN2O4/c1-3-20-12-7-11(13(12)19-2)15-10-6-8(16(17)18)4-5-9(10)14/h4-6,11-13,15H,3,7H2,1-2H3. The van der Waals surface area contributed by atoms with Crippen LogP contribution < -0.4 is 5.32 Å². The molecule has 0 spiro atoms. The van der Waals surface area contributed by atoms with Gasteiger partial charge in [0.05, 0.1) is 22.8 Å². The number of nitro benzene ring substituents is 1. The summed E-state index contributed by atoms with van der Waals surface area (Å²) in [5.41, 5.74) is 0.756. The largest absolute Gasteiger partial charge is 0.378 e. The summed E-state index contributed by atoms with van der Waals surface area (Å²) in [4.78, 5) is 10.4. The highest BCUT2D eigenvalue weighted by Crippen LogP contribution is 2.34. The monoisotopic (exact) mass is 344 g/mol. The van der Waals surface area contributed by atoms with Crippen LogP contribution in [0.15, 0.2) is 22.7 Å². The zero-order chi connectivity index (χ0) is 14.7. The van der Waals surface area contributed by atoms with E-state index in [0.717, 1.165) is 10.9 Å². The van der Waals surface area contributed by atoms with E-state index in [1.165, 1.54) is 12.1 Å². The Kier molecular flexibility index (Phi) is 4.95. The second-order valence-corrected chi connectivity index (χ2v) is 5.46. The van der Waals surface area contributed by atoms with Crippen LogP contribution in [-0.4, -0.2) is 36.9 Å². The molecule has 0 saturated heterocycles. The lowest BCUT2D eigenvalue weighted by Crippen LogP contribution is -2.56. The molecular weight excluding hydrogens is 328 g/mol. The van der Waals surface area contributed by atoms with Crippen molar-refractivity contribution in [2.45, 2.75) is 31.6 Å². The summed E-state index contributed by atoms with van der Waals surface area (Å²) >= 11 is 3.39. The number of hydrogen-bond donors (Lipinski definition) is 1. The van der Waals surface area contributed by atoms with Crippen LogP contribution in [0.1, 0.15) is 13.3 Å². The van der Waals surface area contributed by atoms with E-state index in [-0.39, 0.29) is 23.9 Å². The summed E-state index contributed by atoms with van der Waals surface area (Å²) in [6, 6.07) is 4.74. The SMILES string of the molecule is CCOC1CC(Nc2cc([N+](=O)[O-])ccc2Br)C1OC. The van der Waals surface area contributed by atoms with Gasteiger partial charge in [-0.3, -0.25) is 10.1 Å². The third-order valence-electron chi connectivity index (χ3n) is 3.40. The van der Waals surface area contributed by atoms with Crippen molar-refractivity contribution in [3.8, 4) is 0 Å².